The number of halogens is 2. The van der Waals surface area contributed by atoms with Crippen molar-refractivity contribution in [2.24, 2.45) is 0 Å². The van der Waals surface area contributed by atoms with E-state index < -0.39 is 11.6 Å². The summed E-state index contributed by atoms with van der Waals surface area (Å²) in [5.41, 5.74) is 0.578. The Labute approximate surface area is 115 Å². The molecular formula is C13H16F2N2OS. The van der Waals surface area contributed by atoms with E-state index in [1.807, 2.05) is 6.26 Å². The van der Waals surface area contributed by atoms with Gasteiger partial charge in [-0.2, -0.15) is 11.8 Å². The van der Waals surface area contributed by atoms with Gasteiger partial charge in [0.25, 0.3) is 0 Å². The molecule has 3 nitrogen and oxygen atoms in total. The summed E-state index contributed by atoms with van der Waals surface area (Å²) < 4.78 is 26.2. The Morgan fingerprint density at radius 3 is 2.89 bits per heavy atom. The van der Waals surface area contributed by atoms with Gasteiger partial charge in [0.05, 0.1) is 6.54 Å². The first kappa shape index (κ1) is 14.3. The highest BCUT2D eigenvalue weighted by molar-refractivity contribution is 7.98. The van der Waals surface area contributed by atoms with E-state index in [4.69, 9.17) is 0 Å². The maximum atomic E-state index is 13.3. The topological polar surface area (TPSA) is 32.3 Å². The molecule has 1 amide bonds. The molecule has 1 aromatic carbocycles. The number of rotatable bonds is 5. The smallest absolute Gasteiger partial charge is 0.238 e. The molecule has 104 valence electrons. The highest BCUT2D eigenvalue weighted by atomic mass is 32.2. The quantitative estimate of drug-likeness (QED) is 0.842. The van der Waals surface area contributed by atoms with Gasteiger partial charge in [-0.05, 0) is 36.1 Å². The Balaban J connectivity index is 2.12. The van der Waals surface area contributed by atoms with E-state index in [-0.39, 0.29) is 18.6 Å². The lowest BCUT2D eigenvalue weighted by Gasteiger charge is -2.24. The number of nitrogens with zero attached hydrogens (tertiary/aromatic N) is 1. The average Bonchev–Trinajstić information content (AvgIpc) is 2.75. The van der Waals surface area contributed by atoms with Crippen LogP contribution in [-0.4, -0.2) is 35.9 Å². The van der Waals surface area contributed by atoms with Crippen LogP contribution in [0.15, 0.2) is 18.2 Å². The molecule has 1 atom stereocenters. The number of hydrogen-bond acceptors (Lipinski definition) is 3. The SMILES string of the molecule is CSCCCN1C(=O)CNC1c1ccc(F)c(F)c1. The molecule has 2 rings (SSSR count). The van der Waals surface area contributed by atoms with Gasteiger partial charge in [-0.3, -0.25) is 10.1 Å². The van der Waals surface area contributed by atoms with Crippen molar-refractivity contribution in [2.75, 3.05) is 25.1 Å². The molecule has 1 aliphatic rings. The summed E-state index contributed by atoms with van der Waals surface area (Å²) in [4.78, 5) is 13.5. The van der Waals surface area contributed by atoms with Gasteiger partial charge in [-0.1, -0.05) is 6.07 Å². The van der Waals surface area contributed by atoms with Crippen molar-refractivity contribution in [3.63, 3.8) is 0 Å². The number of carbonyl (C=O) groups excluding carboxylic acids is 1. The number of carbonyl (C=O) groups is 1. The van der Waals surface area contributed by atoms with Crippen LogP contribution in [0.2, 0.25) is 0 Å². The molecule has 0 aromatic heterocycles. The lowest BCUT2D eigenvalue weighted by molar-refractivity contribution is -0.128. The fraction of sp³-hybridized carbons (Fsp3) is 0.462. The maximum Gasteiger partial charge on any atom is 0.238 e. The molecule has 1 heterocycles. The lowest BCUT2D eigenvalue weighted by Crippen LogP contribution is -2.31. The maximum absolute atomic E-state index is 13.3. The van der Waals surface area contributed by atoms with Crippen molar-refractivity contribution < 1.29 is 13.6 Å². The molecule has 1 N–H and O–H groups in total. The molecule has 0 saturated carbocycles. The minimum absolute atomic E-state index is 0.00386. The molecule has 0 aliphatic carbocycles. The second-order valence-corrected chi connectivity index (χ2v) is 5.38. The Morgan fingerprint density at radius 1 is 1.42 bits per heavy atom. The third-order valence-electron chi connectivity index (χ3n) is 3.09. The van der Waals surface area contributed by atoms with E-state index in [0.717, 1.165) is 24.3 Å². The first-order valence-electron chi connectivity index (χ1n) is 6.10. The van der Waals surface area contributed by atoms with Crippen LogP contribution >= 0.6 is 11.8 Å². The van der Waals surface area contributed by atoms with Crippen LogP contribution in [0.1, 0.15) is 18.2 Å². The number of hydrogen-bond donors (Lipinski definition) is 1. The monoisotopic (exact) mass is 286 g/mol. The van der Waals surface area contributed by atoms with Crippen LogP contribution in [0.25, 0.3) is 0 Å². The van der Waals surface area contributed by atoms with Crippen LogP contribution in [-0.2, 0) is 4.79 Å². The molecule has 0 spiro atoms. The number of thioether (sulfide) groups is 1. The van der Waals surface area contributed by atoms with E-state index in [2.05, 4.69) is 5.32 Å². The zero-order valence-corrected chi connectivity index (χ0v) is 11.5. The van der Waals surface area contributed by atoms with Gasteiger partial charge in [-0.15, -0.1) is 0 Å². The van der Waals surface area contributed by atoms with E-state index in [1.54, 1.807) is 16.7 Å². The minimum Gasteiger partial charge on any atom is -0.322 e. The third kappa shape index (κ3) is 3.25. The molecular weight excluding hydrogens is 270 g/mol. The summed E-state index contributed by atoms with van der Waals surface area (Å²) in [6.07, 6.45) is 2.54. The molecule has 1 fully saturated rings. The molecule has 1 saturated heterocycles. The van der Waals surface area contributed by atoms with Crippen molar-refractivity contribution in [1.82, 2.24) is 10.2 Å². The van der Waals surface area contributed by atoms with Gasteiger partial charge in [0.1, 0.15) is 6.17 Å². The first-order chi connectivity index (χ1) is 9.13. The molecule has 6 heteroatoms. The predicted octanol–water partition coefficient (Wildman–Crippen LogP) is 2.15. The average molecular weight is 286 g/mol. The van der Waals surface area contributed by atoms with Crippen LogP contribution in [0.4, 0.5) is 8.78 Å². The lowest BCUT2D eigenvalue weighted by atomic mass is 10.1. The van der Waals surface area contributed by atoms with Crippen LogP contribution < -0.4 is 5.32 Å². The van der Waals surface area contributed by atoms with Crippen LogP contribution in [0.3, 0.4) is 0 Å². The summed E-state index contributed by atoms with van der Waals surface area (Å²) in [6.45, 7) is 0.860. The molecule has 0 bridgehead atoms. The highest BCUT2D eigenvalue weighted by Crippen LogP contribution is 2.24. The van der Waals surface area contributed by atoms with E-state index in [1.165, 1.54) is 6.07 Å². The Kier molecular flexibility index (Phi) is 4.76. The number of nitrogens with one attached hydrogen (secondary N) is 1. The predicted molar refractivity (Wildman–Crippen MR) is 71.8 cm³/mol. The molecule has 1 aliphatic heterocycles. The van der Waals surface area contributed by atoms with Crippen molar-refractivity contribution in [3.8, 4) is 0 Å². The van der Waals surface area contributed by atoms with Crippen molar-refractivity contribution in [1.29, 1.82) is 0 Å². The standard InChI is InChI=1S/C13H16F2N2OS/c1-19-6-2-5-17-12(18)8-16-13(17)9-3-4-10(14)11(15)7-9/h3-4,7,13,16H,2,5-6,8H2,1H3. The van der Waals surface area contributed by atoms with Gasteiger partial charge in [0.2, 0.25) is 5.91 Å². The summed E-state index contributed by atoms with van der Waals surface area (Å²) >= 11 is 1.72. The Bertz CT molecular complexity index is 470. The van der Waals surface area contributed by atoms with Crippen molar-refractivity contribution >= 4 is 17.7 Å². The van der Waals surface area contributed by atoms with Gasteiger partial charge < -0.3 is 4.90 Å². The second kappa shape index (κ2) is 6.34. The third-order valence-corrected chi connectivity index (χ3v) is 3.78. The molecule has 1 unspecified atom stereocenters. The van der Waals surface area contributed by atoms with Gasteiger partial charge in [0.15, 0.2) is 11.6 Å². The summed E-state index contributed by atoms with van der Waals surface area (Å²) in [7, 11) is 0. The van der Waals surface area contributed by atoms with Gasteiger partial charge in [0, 0.05) is 6.54 Å². The fourth-order valence-electron chi connectivity index (χ4n) is 2.15. The Hall–Kier alpha value is -1.14. The summed E-state index contributed by atoms with van der Waals surface area (Å²) in [6, 6.07) is 3.75. The van der Waals surface area contributed by atoms with E-state index >= 15 is 0 Å². The highest BCUT2D eigenvalue weighted by Gasteiger charge is 2.31. The molecule has 1 aromatic rings. The van der Waals surface area contributed by atoms with Crippen molar-refractivity contribution in [3.05, 3.63) is 35.4 Å². The summed E-state index contributed by atoms with van der Waals surface area (Å²) in [5.74, 6) is -0.797. The van der Waals surface area contributed by atoms with Gasteiger partial charge >= 0.3 is 0 Å². The number of amides is 1. The van der Waals surface area contributed by atoms with Crippen molar-refractivity contribution in [2.45, 2.75) is 12.6 Å². The fourth-order valence-corrected chi connectivity index (χ4v) is 2.57. The molecule has 19 heavy (non-hydrogen) atoms. The minimum atomic E-state index is -0.886. The second-order valence-electron chi connectivity index (χ2n) is 4.39. The Morgan fingerprint density at radius 2 is 2.21 bits per heavy atom. The largest absolute Gasteiger partial charge is 0.322 e. The zero-order valence-electron chi connectivity index (χ0n) is 10.7. The van der Waals surface area contributed by atoms with E-state index in [0.29, 0.717) is 12.1 Å². The van der Waals surface area contributed by atoms with Gasteiger partial charge in [-0.25, -0.2) is 8.78 Å². The normalized spacial score (nSPS) is 19.2. The zero-order chi connectivity index (χ0) is 13.8. The molecule has 0 radical (unpaired) electrons. The van der Waals surface area contributed by atoms with Crippen LogP contribution in [0.5, 0.6) is 0 Å². The number of benzene rings is 1. The van der Waals surface area contributed by atoms with Crippen LogP contribution in [0, 0.1) is 11.6 Å². The first-order valence-corrected chi connectivity index (χ1v) is 7.49. The van der Waals surface area contributed by atoms with E-state index in [9.17, 15) is 13.6 Å². The summed E-state index contributed by atoms with van der Waals surface area (Å²) in [5, 5.41) is 3.03.